The number of halogens is 1. The number of phenols is 1. The van der Waals surface area contributed by atoms with Crippen LogP contribution in [0, 0.1) is 5.41 Å². The lowest BCUT2D eigenvalue weighted by Crippen LogP contribution is -2.41. The molecule has 0 saturated heterocycles. The monoisotopic (exact) mass is 541 g/mol. The van der Waals surface area contributed by atoms with E-state index >= 15 is 0 Å². The molecule has 0 bridgehead atoms. The summed E-state index contributed by atoms with van der Waals surface area (Å²) in [4.78, 5) is 0. The molecular weight excluding hydrogens is 506 g/mol. The normalized spacial score (nSPS) is 13.1. The summed E-state index contributed by atoms with van der Waals surface area (Å²) in [5.74, 6) is 0.168. The minimum Gasteiger partial charge on any atom is -0.504 e. The predicted molar refractivity (Wildman–Crippen MR) is 148 cm³/mol. The van der Waals surface area contributed by atoms with Crippen molar-refractivity contribution in [3.63, 3.8) is 0 Å². The molecule has 0 heterocycles. The van der Waals surface area contributed by atoms with Gasteiger partial charge in [0.2, 0.25) is 0 Å². The lowest BCUT2D eigenvalue weighted by Gasteiger charge is -2.36. The molecular formula is C28H36BrNO3Si. The van der Waals surface area contributed by atoms with Gasteiger partial charge in [-0.15, -0.1) is 0 Å². The minimum absolute atomic E-state index is 0.0807. The van der Waals surface area contributed by atoms with Crippen molar-refractivity contribution >= 4 is 40.7 Å². The van der Waals surface area contributed by atoms with Crippen molar-refractivity contribution in [3.05, 3.63) is 70.2 Å². The van der Waals surface area contributed by atoms with E-state index < -0.39 is 8.32 Å². The van der Waals surface area contributed by atoms with Gasteiger partial charge >= 0.3 is 0 Å². The fourth-order valence-electron chi connectivity index (χ4n) is 3.97. The molecule has 6 heteroatoms. The Balaban J connectivity index is 1.97. The Bertz CT molecular complexity index is 1160. The molecule has 0 amide bonds. The standard InChI is InChI=1S/C28H36BrNO3Si/c1-28(2,3)34(5,6)33-18-10-15-22(25-23(29)16-17-24(32-4)27(25)31)26(30)21-14-9-12-19-11-7-8-13-20(19)21/h7-9,11-14,16-17,22,30-31H,10,15,18H2,1-6H3. The van der Waals surface area contributed by atoms with E-state index in [1.165, 1.54) is 0 Å². The van der Waals surface area contributed by atoms with Crippen molar-refractivity contribution in [2.75, 3.05) is 13.7 Å². The zero-order chi connectivity index (χ0) is 25.1. The minimum atomic E-state index is -1.85. The molecule has 3 aromatic rings. The van der Waals surface area contributed by atoms with Crippen LogP contribution in [0.1, 0.15) is 50.7 Å². The molecule has 4 nitrogen and oxygen atoms in total. The van der Waals surface area contributed by atoms with Crippen LogP contribution in [0.2, 0.25) is 18.1 Å². The average Bonchev–Trinajstić information content (AvgIpc) is 2.79. The largest absolute Gasteiger partial charge is 0.504 e. The van der Waals surface area contributed by atoms with E-state index in [0.29, 0.717) is 30.1 Å². The molecule has 0 spiro atoms. The van der Waals surface area contributed by atoms with Crippen LogP contribution < -0.4 is 4.74 Å². The quantitative estimate of drug-likeness (QED) is 0.163. The summed E-state index contributed by atoms with van der Waals surface area (Å²) < 4.78 is 12.6. The van der Waals surface area contributed by atoms with Crippen molar-refractivity contribution in [3.8, 4) is 11.5 Å². The lowest BCUT2D eigenvalue weighted by atomic mass is 9.84. The van der Waals surface area contributed by atoms with Gasteiger partial charge in [0.25, 0.3) is 0 Å². The highest BCUT2D eigenvalue weighted by Gasteiger charge is 2.37. The molecule has 0 aliphatic heterocycles. The van der Waals surface area contributed by atoms with Gasteiger partial charge in [-0.1, -0.05) is 79.2 Å². The molecule has 0 aliphatic rings. The highest BCUT2D eigenvalue weighted by molar-refractivity contribution is 9.10. The van der Waals surface area contributed by atoms with Crippen LogP contribution >= 0.6 is 15.9 Å². The summed E-state index contributed by atoms with van der Waals surface area (Å²) >= 11 is 3.63. The van der Waals surface area contributed by atoms with E-state index in [1.54, 1.807) is 13.2 Å². The van der Waals surface area contributed by atoms with Crippen LogP contribution in [0.25, 0.3) is 10.8 Å². The van der Waals surface area contributed by atoms with Crippen LogP contribution in [0.4, 0.5) is 0 Å². The average molecular weight is 543 g/mol. The van der Waals surface area contributed by atoms with E-state index in [0.717, 1.165) is 27.2 Å². The summed E-state index contributed by atoms with van der Waals surface area (Å²) in [6, 6.07) is 17.8. The van der Waals surface area contributed by atoms with E-state index in [9.17, 15) is 10.5 Å². The molecule has 0 aliphatic carbocycles. The fraction of sp³-hybridized carbons (Fsp3) is 0.393. The first-order valence-electron chi connectivity index (χ1n) is 11.7. The number of hydrogen-bond acceptors (Lipinski definition) is 4. The Kier molecular flexibility index (Phi) is 8.27. The van der Waals surface area contributed by atoms with Gasteiger partial charge in [-0.2, -0.15) is 0 Å². The highest BCUT2D eigenvalue weighted by Crippen LogP contribution is 2.43. The fourth-order valence-corrected chi connectivity index (χ4v) is 5.66. The first-order chi connectivity index (χ1) is 16.0. The van der Waals surface area contributed by atoms with Crippen molar-refractivity contribution in [2.45, 2.75) is 57.7 Å². The number of rotatable bonds is 9. The number of phenolic OH excluding ortho intramolecular Hbond substituents is 1. The maximum atomic E-state index is 11.1. The number of benzene rings is 3. The van der Waals surface area contributed by atoms with Crippen LogP contribution in [-0.2, 0) is 4.43 Å². The van der Waals surface area contributed by atoms with Crippen molar-refractivity contribution in [1.82, 2.24) is 0 Å². The third-order valence-electron chi connectivity index (χ3n) is 7.03. The van der Waals surface area contributed by atoms with Gasteiger partial charge in [-0.25, -0.2) is 0 Å². The van der Waals surface area contributed by atoms with Gasteiger partial charge in [-0.3, -0.25) is 0 Å². The van der Waals surface area contributed by atoms with Crippen molar-refractivity contribution < 1.29 is 14.3 Å². The zero-order valence-electron chi connectivity index (χ0n) is 21.0. The molecule has 0 saturated carbocycles. The van der Waals surface area contributed by atoms with Crippen LogP contribution in [-0.4, -0.2) is 32.9 Å². The second kappa shape index (κ2) is 10.6. The summed E-state index contributed by atoms with van der Waals surface area (Å²) in [6.07, 6.45) is 1.46. The van der Waals surface area contributed by atoms with Gasteiger partial charge < -0.3 is 19.7 Å². The summed E-state index contributed by atoms with van der Waals surface area (Å²) in [6.45, 7) is 11.9. The van der Waals surface area contributed by atoms with E-state index in [-0.39, 0.29) is 16.7 Å². The Hall–Kier alpha value is -2.15. The molecule has 182 valence electrons. The first kappa shape index (κ1) is 26.5. The topological polar surface area (TPSA) is 62.5 Å². The van der Waals surface area contributed by atoms with Gasteiger partial charge in [0.15, 0.2) is 19.8 Å². The third kappa shape index (κ3) is 5.56. The number of ether oxygens (including phenoxy) is 1. The van der Waals surface area contributed by atoms with Gasteiger partial charge in [-0.05, 0) is 53.9 Å². The number of methoxy groups -OCH3 is 1. The van der Waals surface area contributed by atoms with Crippen LogP contribution in [0.5, 0.6) is 11.5 Å². The third-order valence-corrected chi connectivity index (χ3v) is 12.3. The highest BCUT2D eigenvalue weighted by atomic mass is 79.9. The zero-order valence-corrected chi connectivity index (χ0v) is 23.6. The summed E-state index contributed by atoms with van der Waals surface area (Å²) in [5, 5.41) is 22.6. The summed E-state index contributed by atoms with van der Waals surface area (Å²) in [7, 11) is -0.306. The van der Waals surface area contributed by atoms with Gasteiger partial charge in [0.1, 0.15) is 0 Å². The molecule has 3 rings (SSSR count). The Morgan fingerprint density at radius 2 is 1.74 bits per heavy atom. The van der Waals surface area contributed by atoms with E-state index in [2.05, 4.69) is 68.0 Å². The second-order valence-electron chi connectivity index (χ2n) is 10.3. The molecule has 0 radical (unpaired) electrons. The summed E-state index contributed by atoms with van der Waals surface area (Å²) in [5.41, 5.74) is 2.04. The SMILES string of the molecule is COc1ccc(Br)c(C(CCCO[Si](C)(C)C(C)(C)C)C(=N)c2cccc3ccccc23)c1O. The van der Waals surface area contributed by atoms with Crippen molar-refractivity contribution in [1.29, 1.82) is 5.41 Å². The van der Waals surface area contributed by atoms with Crippen molar-refractivity contribution in [2.24, 2.45) is 0 Å². The van der Waals surface area contributed by atoms with E-state index in [4.69, 9.17) is 9.16 Å². The van der Waals surface area contributed by atoms with E-state index in [1.807, 2.05) is 30.3 Å². The lowest BCUT2D eigenvalue weighted by molar-refractivity contribution is 0.277. The Labute approximate surface area is 213 Å². The van der Waals surface area contributed by atoms with Gasteiger partial charge in [0, 0.05) is 33.8 Å². The Morgan fingerprint density at radius 3 is 2.41 bits per heavy atom. The molecule has 2 N–H and O–H groups in total. The second-order valence-corrected chi connectivity index (χ2v) is 15.9. The molecule has 3 aromatic carbocycles. The molecule has 1 atom stereocenters. The number of hydrogen-bond donors (Lipinski definition) is 2. The maximum absolute atomic E-state index is 11.1. The van der Waals surface area contributed by atoms with Crippen LogP contribution in [0.15, 0.2) is 59.1 Å². The molecule has 1 unspecified atom stereocenters. The van der Waals surface area contributed by atoms with Crippen LogP contribution in [0.3, 0.4) is 0 Å². The Morgan fingerprint density at radius 1 is 1.06 bits per heavy atom. The van der Waals surface area contributed by atoms with Gasteiger partial charge in [0.05, 0.1) is 7.11 Å². The number of fused-ring (bicyclic) bond motifs is 1. The molecule has 0 fully saturated rings. The number of nitrogens with one attached hydrogen (secondary N) is 1. The molecule has 34 heavy (non-hydrogen) atoms. The predicted octanol–water partition coefficient (Wildman–Crippen LogP) is 8.27. The maximum Gasteiger partial charge on any atom is 0.191 e. The number of aromatic hydroxyl groups is 1. The smallest absolute Gasteiger partial charge is 0.191 e. The molecule has 0 aromatic heterocycles. The first-order valence-corrected chi connectivity index (χ1v) is 15.4.